The van der Waals surface area contributed by atoms with Crippen molar-refractivity contribution in [1.82, 2.24) is 25.6 Å². The van der Waals surface area contributed by atoms with E-state index >= 15 is 0 Å². The van der Waals surface area contributed by atoms with Crippen LogP contribution < -0.4 is 16.2 Å². The number of ether oxygens (including phenoxy) is 1. The first-order chi connectivity index (χ1) is 14.6. The summed E-state index contributed by atoms with van der Waals surface area (Å²) >= 11 is 0. The molecule has 1 fully saturated rings. The van der Waals surface area contributed by atoms with Gasteiger partial charge in [-0.25, -0.2) is 9.37 Å². The molecule has 7 nitrogen and oxygen atoms in total. The van der Waals surface area contributed by atoms with Gasteiger partial charge in [0.1, 0.15) is 17.9 Å². The van der Waals surface area contributed by atoms with Crippen LogP contribution >= 0.6 is 0 Å². The number of halogens is 1. The van der Waals surface area contributed by atoms with Crippen LogP contribution in [0.1, 0.15) is 44.6 Å². The number of pyridine rings is 1. The van der Waals surface area contributed by atoms with Crippen molar-refractivity contribution >= 4 is 10.9 Å². The van der Waals surface area contributed by atoms with Crippen LogP contribution in [0, 0.1) is 5.92 Å². The van der Waals surface area contributed by atoms with Gasteiger partial charge in [0.15, 0.2) is 11.6 Å². The van der Waals surface area contributed by atoms with Gasteiger partial charge in [-0.1, -0.05) is 6.92 Å². The van der Waals surface area contributed by atoms with Crippen LogP contribution in [0.3, 0.4) is 0 Å². The predicted molar refractivity (Wildman–Crippen MR) is 115 cm³/mol. The normalized spacial score (nSPS) is 16.2. The van der Waals surface area contributed by atoms with E-state index in [1.54, 1.807) is 25.3 Å². The number of nitrogens with one attached hydrogen (secondary N) is 3. The monoisotopic (exact) mass is 415 g/mol. The predicted octanol–water partition coefficient (Wildman–Crippen LogP) is 3.09. The second kappa shape index (κ2) is 11.0. The summed E-state index contributed by atoms with van der Waals surface area (Å²) < 4.78 is 19.6. The summed E-state index contributed by atoms with van der Waals surface area (Å²) in [5.74, 6) is 0.692. The van der Waals surface area contributed by atoms with Gasteiger partial charge in [-0.3, -0.25) is 9.78 Å². The Morgan fingerprint density at radius 1 is 1.40 bits per heavy atom. The van der Waals surface area contributed by atoms with Crippen LogP contribution in [-0.2, 0) is 17.9 Å². The Morgan fingerprint density at radius 2 is 2.20 bits per heavy atom. The third kappa shape index (κ3) is 5.73. The lowest BCUT2D eigenvalue weighted by Crippen LogP contribution is -2.33. The lowest BCUT2D eigenvalue weighted by Gasteiger charge is -2.22. The molecule has 3 heterocycles. The molecule has 30 heavy (non-hydrogen) atoms. The zero-order valence-electron chi connectivity index (χ0n) is 17.6. The number of H-pyrrole nitrogens is 1. The lowest BCUT2D eigenvalue weighted by molar-refractivity contribution is 0.188. The Labute approximate surface area is 175 Å². The third-order valence-corrected chi connectivity index (χ3v) is 5.18. The summed E-state index contributed by atoms with van der Waals surface area (Å²) in [4.78, 5) is 24.2. The van der Waals surface area contributed by atoms with E-state index in [-0.39, 0.29) is 17.9 Å². The van der Waals surface area contributed by atoms with Crippen LogP contribution in [0.2, 0.25) is 0 Å². The Kier molecular flexibility index (Phi) is 8.10. The molecule has 1 aliphatic heterocycles. The van der Waals surface area contributed by atoms with Gasteiger partial charge in [-0.05, 0) is 70.0 Å². The fourth-order valence-electron chi connectivity index (χ4n) is 3.56. The van der Waals surface area contributed by atoms with E-state index in [1.807, 2.05) is 6.92 Å². The van der Waals surface area contributed by atoms with E-state index < -0.39 is 5.83 Å². The van der Waals surface area contributed by atoms with Crippen LogP contribution in [0.5, 0.6) is 0 Å². The summed E-state index contributed by atoms with van der Waals surface area (Å²) in [5.41, 5.74) is 1.01. The second-order valence-electron chi connectivity index (χ2n) is 7.39. The minimum atomic E-state index is -0.424. The topological polar surface area (TPSA) is 91.9 Å². The number of hydrogen-bond acceptors (Lipinski definition) is 6. The minimum Gasteiger partial charge on any atom is -0.483 e. The number of rotatable bonds is 9. The highest BCUT2D eigenvalue weighted by atomic mass is 19.1. The zero-order chi connectivity index (χ0) is 21.3. The molecule has 0 amide bonds. The van der Waals surface area contributed by atoms with Gasteiger partial charge in [0.25, 0.3) is 5.56 Å². The first-order valence-corrected chi connectivity index (χ1v) is 10.6. The van der Waals surface area contributed by atoms with E-state index in [9.17, 15) is 9.18 Å². The van der Waals surface area contributed by atoms with Crippen LogP contribution in [0.15, 0.2) is 40.8 Å². The molecule has 162 valence electrons. The van der Waals surface area contributed by atoms with Gasteiger partial charge in [-0.15, -0.1) is 0 Å². The van der Waals surface area contributed by atoms with Crippen molar-refractivity contribution in [3.05, 3.63) is 57.9 Å². The number of hydrogen-bond donors (Lipinski definition) is 3. The number of nitrogens with zero attached hydrogens (tertiary/aromatic N) is 2. The maximum Gasteiger partial charge on any atom is 0.258 e. The summed E-state index contributed by atoms with van der Waals surface area (Å²) in [6.07, 6.45) is 7.51. The fourth-order valence-corrected chi connectivity index (χ4v) is 3.56. The average Bonchev–Trinajstić information content (AvgIpc) is 2.75. The standard InChI is InChI=1S/C22H30FN5O2/c1-3-5-17(23)19(4-2)30-14-20-27-21-16(22(29)28-20)8-11-26-18(21)13-25-12-15-6-9-24-10-7-15/h4-5,8,11,15,24-25H,3,6-7,9-10,12-14H2,1-2H3,(H,27,28,29)/b17-5+,19-4+. The Hall–Kier alpha value is -2.58. The van der Waals surface area contributed by atoms with Gasteiger partial charge in [0.05, 0.1) is 11.1 Å². The van der Waals surface area contributed by atoms with Crippen molar-refractivity contribution in [2.75, 3.05) is 19.6 Å². The lowest BCUT2D eigenvalue weighted by atomic mass is 9.98. The van der Waals surface area contributed by atoms with Gasteiger partial charge >= 0.3 is 0 Å². The largest absolute Gasteiger partial charge is 0.483 e. The van der Waals surface area contributed by atoms with E-state index in [2.05, 4.69) is 25.6 Å². The van der Waals surface area contributed by atoms with Crippen LogP contribution in [0.25, 0.3) is 10.9 Å². The molecule has 0 atom stereocenters. The van der Waals surface area contributed by atoms with E-state index in [4.69, 9.17) is 4.74 Å². The molecule has 0 aliphatic carbocycles. The van der Waals surface area contributed by atoms with Crippen molar-refractivity contribution in [1.29, 1.82) is 0 Å². The molecule has 0 aromatic carbocycles. The highest BCUT2D eigenvalue weighted by Crippen LogP contribution is 2.17. The van der Waals surface area contributed by atoms with E-state index in [0.717, 1.165) is 38.2 Å². The Balaban J connectivity index is 1.73. The summed E-state index contributed by atoms with van der Waals surface area (Å²) in [6, 6.07) is 1.66. The van der Waals surface area contributed by atoms with Gasteiger partial charge in [-0.2, -0.15) is 0 Å². The molecule has 8 heteroatoms. The summed E-state index contributed by atoms with van der Waals surface area (Å²) in [5, 5.41) is 7.30. The molecule has 3 N–H and O–H groups in total. The minimum absolute atomic E-state index is 0.0351. The SMILES string of the molecule is C/C=C(OCc1nc2c(CNCC3CCNCC3)nccc2c(=O)[nH]1)\C(F)=C/CC. The zero-order valence-corrected chi connectivity index (χ0v) is 17.6. The van der Waals surface area contributed by atoms with Gasteiger partial charge in [0.2, 0.25) is 0 Å². The van der Waals surface area contributed by atoms with Crippen LogP contribution in [0.4, 0.5) is 4.39 Å². The molecule has 2 aromatic rings. The molecular formula is C22H30FN5O2. The number of fused-ring (bicyclic) bond motifs is 1. The number of allylic oxidation sites excluding steroid dienone is 3. The summed E-state index contributed by atoms with van der Waals surface area (Å²) in [6.45, 7) is 7.07. The molecule has 3 rings (SSSR count). The van der Waals surface area contributed by atoms with Crippen molar-refractivity contribution in [3.63, 3.8) is 0 Å². The summed E-state index contributed by atoms with van der Waals surface area (Å²) in [7, 11) is 0. The molecule has 1 saturated heterocycles. The first kappa shape index (κ1) is 22.1. The quantitative estimate of drug-likeness (QED) is 0.431. The number of aromatic nitrogens is 3. The van der Waals surface area contributed by atoms with Crippen molar-refractivity contribution in [2.45, 2.75) is 46.3 Å². The molecule has 0 radical (unpaired) electrons. The number of aromatic amines is 1. The average molecular weight is 416 g/mol. The molecular weight excluding hydrogens is 385 g/mol. The second-order valence-corrected chi connectivity index (χ2v) is 7.39. The van der Waals surface area contributed by atoms with Crippen LogP contribution in [-0.4, -0.2) is 34.6 Å². The molecule has 0 spiro atoms. The van der Waals surface area contributed by atoms with Gasteiger partial charge in [0, 0.05) is 12.7 Å². The van der Waals surface area contributed by atoms with Crippen molar-refractivity contribution < 1.29 is 9.13 Å². The maximum atomic E-state index is 14.0. The first-order valence-electron chi connectivity index (χ1n) is 10.6. The molecule has 2 aromatic heterocycles. The number of piperidine rings is 1. The third-order valence-electron chi connectivity index (χ3n) is 5.18. The van der Waals surface area contributed by atoms with Gasteiger partial charge < -0.3 is 20.4 Å². The highest BCUT2D eigenvalue weighted by Gasteiger charge is 2.14. The molecule has 0 unspecified atom stereocenters. The van der Waals surface area contributed by atoms with Crippen molar-refractivity contribution in [3.8, 4) is 0 Å². The Morgan fingerprint density at radius 3 is 2.93 bits per heavy atom. The smallest absolute Gasteiger partial charge is 0.258 e. The van der Waals surface area contributed by atoms with E-state index in [0.29, 0.717) is 35.6 Å². The molecule has 0 saturated carbocycles. The molecule has 0 bridgehead atoms. The maximum absolute atomic E-state index is 14.0. The highest BCUT2D eigenvalue weighted by molar-refractivity contribution is 5.79. The fraction of sp³-hybridized carbons (Fsp3) is 0.500. The molecule has 1 aliphatic rings. The van der Waals surface area contributed by atoms with E-state index in [1.165, 1.54) is 6.08 Å². The Bertz CT molecular complexity index is 964. The van der Waals surface area contributed by atoms with Crippen molar-refractivity contribution in [2.24, 2.45) is 5.92 Å².